The lowest BCUT2D eigenvalue weighted by Crippen LogP contribution is -2.31. The van der Waals surface area contributed by atoms with Crippen molar-refractivity contribution < 1.29 is 9.84 Å². The van der Waals surface area contributed by atoms with E-state index >= 15 is 0 Å². The molecule has 0 saturated heterocycles. The van der Waals surface area contributed by atoms with Crippen molar-refractivity contribution in [3.05, 3.63) is 212 Å². The van der Waals surface area contributed by atoms with Crippen LogP contribution in [-0.2, 0) is 5.41 Å². The third-order valence-corrected chi connectivity index (χ3v) is 9.56. The van der Waals surface area contributed by atoms with Crippen LogP contribution in [0.3, 0.4) is 0 Å². The van der Waals surface area contributed by atoms with Gasteiger partial charge < -0.3 is 19.7 Å². The van der Waals surface area contributed by atoms with E-state index in [0.29, 0.717) is 11.5 Å². The van der Waals surface area contributed by atoms with Crippen LogP contribution < -0.4 is 10.1 Å². The van der Waals surface area contributed by atoms with Gasteiger partial charge >= 0.3 is 0 Å². The maximum Gasteiger partial charge on any atom is 0.134 e. The van der Waals surface area contributed by atoms with E-state index in [2.05, 4.69) is 114 Å². The predicted octanol–water partition coefficient (Wildman–Crippen LogP) is 12.0. The van der Waals surface area contributed by atoms with Crippen LogP contribution in [0.4, 0.5) is 5.69 Å². The topological polar surface area (TPSA) is 46.4 Å². The highest BCUT2D eigenvalue weighted by Gasteiger charge is 2.45. The van der Waals surface area contributed by atoms with Crippen molar-refractivity contribution in [3.8, 4) is 34.1 Å². The highest BCUT2D eigenvalue weighted by molar-refractivity contribution is 6.16. The van der Waals surface area contributed by atoms with Crippen LogP contribution in [0.1, 0.15) is 16.7 Å². The average Bonchev–Trinajstić information content (AvgIpc) is 3.51. The molecule has 0 saturated carbocycles. The van der Waals surface area contributed by atoms with Crippen LogP contribution in [0.2, 0.25) is 0 Å². The molecule has 51 heavy (non-hydrogen) atoms. The molecule has 2 N–H and O–H groups in total. The SMILES string of the molecule is C=C/C=C\C=C/C1(c2c(O)cccc2-c2cccc3c2c2ccccc2n3-c2ccccc2)c2ccccc2Oc2cc(N/C=C\C=C)ccc21. The van der Waals surface area contributed by atoms with E-state index in [-0.39, 0.29) is 5.75 Å². The molecule has 2 heterocycles. The molecule has 0 bridgehead atoms. The Bertz CT molecular complexity index is 2540. The van der Waals surface area contributed by atoms with Gasteiger partial charge in [0.15, 0.2) is 0 Å². The van der Waals surface area contributed by atoms with Crippen LogP contribution in [-0.4, -0.2) is 9.67 Å². The molecule has 0 radical (unpaired) electrons. The number of aromatic nitrogens is 1. The van der Waals surface area contributed by atoms with Crippen LogP contribution in [0.5, 0.6) is 17.2 Å². The average molecular weight is 661 g/mol. The fraction of sp³-hybridized carbons (Fsp3) is 0.0213. The second-order valence-electron chi connectivity index (χ2n) is 12.4. The molecule has 8 rings (SSSR count). The first kappa shape index (κ1) is 31.5. The van der Waals surface area contributed by atoms with Gasteiger partial charge in [-0.2, -0.15) is 0 Å². The Morgan fingerprint density at radius 3 is 2.22 bits per heavy atom. The number of nitrogens with zero attached hydrogens (tertiary/aromatic N) is 1. The molecule has 1 unspecified atom stereocenters. The van der Waals surface area contributed by atoms with Gasteiger partial charge in [0.05, 0.1) is 16.4 Å². The van der Waals surface area contributed by atoms with E-state index in [9.17, 15) is 5.11 Å². The van der Waals surface area contributed by atoms with Gasteiger partial charge in [0.25, 0.3) is 0 Å². The lowest BCUT2D eigenvalue weighted by Gasteiger charge is -2.40. The van der Waals surface area contributed by atoms with Gasteiger partial charge in [-0.3, -0.25) is 0 Å². The Balaban J connectivity index is 1.48. The number of rotatable bonds is 9. The van der Waals surface area contributed by atoms with E-state index in [1.807, 2.05) is 73.0 Å². The smallest absolute Gasteiger partial charge is 0.134 e. The Morgan fingerprint density at radius 2 is 1.35 bits per heavy atom. The van der Waals surface area contributed by atoms with E-state index in [4.69, 9.17) is 4.74 Å². The first-order valence-electron chi connectivity index (χ1n) is 17.0. The van der Waals surface area contributed by atoms with Gasteiger partial charge in [-0.05, 0) is 59.7 Å². The number of hydrogen-bond donors (Lipinski definition) is 2. The number of benzene rings is 6. The summed E-state index contributed by atoms with van der Waals surface area (Å²) in [6, 6.07) is 45.5. The number of allylic oxidation sites excluding steroid dienone is 7. The molecule has 4 nitrogen and oxygen atoms in total. The molecule has 7 aromatic rings. The second-order valence-corrected chi connectivity index (χ2v) is 12.4. The van der Waals surface area contributed by atoms with Gasteiger partial charge in [-0.1, -0.05) is 135 Å². The van der Waals surface area contributed by atoms with Crippen LogP contribution >= 0.6 is 0 Å². The molecule has 1 aliphatic rings. The third-order valence-electron chi connectivity index (χ3n) is 9.56. The molecule has 6 aromatic carbocycles. The zero-order chi connectivity index (χ0) is 34.8. The number of fused-ring (bicyclic) bond motifs is 5. The number of nitrogens with one attached hydrogen (secondary N) is 1. The summed E-state index contributed by atoms with van der Waals surface area (Å²) in [7, 11) is 0. The van der Waals surface area contributed by atoms with Crippen molar-refractivity contribution in [2.75, 3.05) is 5.32 Å². The number of aromatic hydroxyl groups is 1. The van der Waals surface area contributed by atoms with E-state index < -0.39 is 5.41 Å². The molecule has 246 valence electrons. The number of phenols is 1. The number of ether oxygens (including phenoxy) is 1. The first-order valence-corrected chi connectivity index (χ1v) is 17.0. The minimum Gasteiger partial charge on any atom is -0.508 e. The maximum absolute atomic E-state index is 12.2. The molecule has 0 amide bonds. The third kappa shape index (κ3) is 5.25. The Kier molecular flexibility index (Phi) is 8.19. The molecule has 1 atom stereocenters. The second kappa shape index (κ2) is 13.3. The fourth-order valence-electron chi connectivity index (χ4n) is 7.53. The molecule has 1 aliphatic heterocycles. The number of para-hydroxylation sites is 3. The zero-order valence-corrected chi connectivity index (χ0v) is 28.0. The van der Waals surface area contributed by atoms with E-state index in [0.717, 1.165) is 61.0 Å². The molecular formula is C47H36N2O2. The lowest BCUT2D eigenvalue weighted by atomic mass is 9.65. The van der Waals surface area contributed by atoms with Crippen molar-refractivity contribution >= 4 is 27.5 Å². The molecule has 1 aromatic heterocycles. The summed E-state index contributed by atoms with van der Waals surface area (Å²) in [6.45, 7) is 7.66. The minimum absolute atomic E-state index is 0.187. The maximum atomic E-state index is 12.2. The number of anilines is 1. The van der Waals surface area contributed by atoms with Gasteiger partial charge in [-0.15, -0.1) is 0 Å². The Labute approximate surface area is 297 Å². The normalized spacial score (nSPS) is 15.3. The van der Waals surface area contributed by atoms with Crippen LogP contribution in [0.25, 0.3) is 38.6 Å². The molecule has 4 heteroatoms. The highest BCUT2D eigenvalue weighted by Crippen LogP contribution is 2.57. The summed E-state index contributed by atoms with van der Waals surface area (Å²) in [5.41, 5.74) is 7.75. The first-order chi connectivity index (χ1) is 25.2. The number of hydrogen-bond acceptors (Lipinski definition) is 3. The minimum atomic E-state index is -0.953. The van der Waals surface area contributed by atoms with Crippen LogP contribution in [0.15, 0.2) is 195 Å². The molecular weight excluding hydrogens is 625 g/mol. The van der Waals surface area contributed by atoms with Crippen molar-refractivity contribution in [3.63, 3.8) is 0 Å². The van der Waals surface area contributed by atoms with Crippen molar-refractivity contribution in [2.45, 2.75) is 5.41 Å². The molecule has 0 spiro atoms. The monoisotopic (exact) mass is 660 g/mol. The summed E-state index contributed by atoms with van der Waals surface area (Å²) < 4.78 is 8.98. The quantitative estimate of drug-likeness (QED) is 0.152. The summed E-state index contributed by atoms with van der Waals surface area (Å²) in [4.78, 5) is 0. The van der Waals surface area contributed by atoms with Gasteiger partial charge in [0.2, 0.25) is 0 Å². The van der Waals surface area contributed by atoms with Gasteiger partial charge in [0.1, 0.15) is 17.2 Å². The summed E-state index contributed by atoms with van der Waals surface area (Å²) in [6.07, 6.45) is 15.2. The largest absolute Gasteiger partial charge is 0.508 e. The number of phenolic OH excluding ortho intramolecular Hbond substituents is 1. The summed E-state index contributed by atoms with van der Waals surface area (Å²) in [5, 5.41) is 17.8. The van der Waals surface area contributed by atoms with Crippen molar-refractivity contribution in [1.82, 2.24) is 4.57 Å². The Morgan fingerprint density at radius 1 is 0.627 bits per heavy atom. The van der Waals surface area contributed by atoms with Gasteiger partial charge in [-0.25, -0.2) is 0 Å². The van der Waals surface area contributed by atoms with Gasteiger partial charge in [0, 0.05) is 51.1 Å². The van der Waals surface area contributed by atoms with E-state index in [1.165, 1.54) is 0 Å². The van der Waals surface area contributed by atoms with Crippen molar-refractivity contribution in [2.24, 2.45) is 0 Å². The molecule has 0 aliphatic carbocycles. The van der Waals surface area contributed by atoms with Crippen LogP contribution in [0, 0.1) is 0 Å². The molecule has 0 fully saturated rings. The predicted molar refractivity (Wildman–Crippen MR) is 212 cm³/mol. The fourth-order valence-corrected chi connectivity index (χ4v) is 7.53. The highest BCUT2D eigenvalue weighted by atomic mass is 16.5. The standard InChI is InChI=1S/C47H36N2O2/c1-3-5-7-15-30-47(38-23-12-14-27-43(38)51-44-32-33(28-29-39(44)47)48-31-6-4-2)46-36(22-17-26-42(46)50)35-21-16-25-41-45(35)37-20-11-13-24-40(37)49(41)34-18-9-8-10-19-34/h3-32,48,50H,1-2H2/b7-5-,30-15-,31-6-. The summed E-state index contributed by atoms with van der Waals surface area (Å²) >= 11 is 0. The van der Waals surface area contributed by atoms with Crippen molar-refractivity contribution in [1.29, 1.82) is 0 Å². The zero-order valence-electron chi connectivity index (χ0n) is 28.0. The van der Waals surface area contributed by atoms with E-state index in [1.54, 1.807) is 18.2 Å². The summed E-state index contributed by atoms with van der Waals surface area (Å²) in [5.74, 6) is 1.60. The lowest BCUT2D eigenvalue weighted by molar-refractivity contribution is 0.426. The Hall–Kier alpha value is -6.78.